The zero-order valence-electron chi connectivity index (χ0n) is 12.8. The minimum atomic E-state index is -0.917. The number of nitrogens with zero attached hydrogens (tertiary/aromatic N) is 1. The van der Waals surface area contributed by atoms with Crippen molar-refractivity contribution in [2.24, 2.45) is 0 Å². The number of hydrogen-bond acceptors (Lipinski definition) is 3. The Hall–Kier alpha value is -2.60. The van der Waals surface area contributed by atoms with Crippen LogP contribution in [0.3, 0.4) is 0 Å². The molecule has 0 unspecified atom stereocenters. The highest BCUT2D eigenvalue weighted by Crippen LogP contribution is 2.24. The quantitative estimate of drug-likeness (QED) is 0.753. The molecule has 24 heavy (non-hydrogen) atoms. The van der Waals surface area contributed by atoms with Crippen LogP contribution in [-0.2, 0) is 11.2 Å². The summed E-state index contributed by atoms with van der Waals surface area (Å²) >= 11 is 1.31. The molecule has 1 N–H and O–H groups in total. The maximum Gasteiger partial charge on any atom is 0.231 e. The molecule has 0 saturated carbocycles. The van der Waals surface area contributed by atoms with E-state index in [1.165, 1.54) is 17.4 Å². The van der Waals surface area contributed by atoms with E-state index in [2.05, 4.69) is 10.3 Å². The summed E-state index contributed by atoms with van der Waals surface area (Å²) in [5.41, 5.74) is 2.85. The van der Waals surface area contributed by atoms with Crippen LogP contribution in [0.2, 0.25) is 0 Å². The van der Waals surface area contributed by atoms with Gasteiger partial charge in [0.15, 0.2) is 11.6 Å². The van der Waals surface area contributed by atoms with Crippen LogP contribution in [0.1, 0.15) is 10.6 Å². The van der Waals surface area contributed by atoms with Crippen molar-refractivity contribution in [1.82, 2.24) is 4.98 Å². The second-order valence-electron chi connectivity index (χ2n) is 5.35. The molecule has 0 atom stereocenters. The van der Waals surface area contributed by atoms with Gasteiger partial charge in [-0.3, -0.25) is 4.79 Å². The van der Waals surface area contributed by atoms with E-state index in [0.29, 0.717) is 16.3 Å². The van der Waals surface area contributed by atoms with Crippen molar-refractivity contribution in [3.05, 3.63) is 70.1 Å². The van der Waals surface area contributed by atoms with Crippen molar-refractivity contribution in [2.45, 2.75) is 13.3 Å². The molecule has 1 heterocycles. The maximum absolute atomic E-state index is 13.3. The summed E-state index contributed by atoms with van der Waals surface area (Å²) in [7, 11) is 0. The van der Waals surface area contributed by atoms with E-state index < -0.39 is 11.6 Å². The van der Waals surface area contributed by atoms with Crippen LogP contribution < -0.4 is 5.32 Å². The number of nitrogens with one attached hydrogen (secondary N) is 1. The first-order valence-electron chi connectivity index (χ1n) is 7.27. The fourth-order valence-electron chi connectivity index (χ4n) is 2.16. The Bertz CT molecular complexity index is 875. The van der Waals surface area contributed by atoms with Crippen LogP contribution in [0.5, 0.6) is 0 Å². The molecule has 3 aromatic rings. The molecular formula is C18H14F2N2OS. The zero-order chi connectivity index (χ0) is 17.1. The van der Waals surface area contributed by atoms with Gasteiger partial charge in [-0.15, -0.1) is 11.3 Å². The van der Waals surface area contributed by atoms with Gasteiger partial charge in [-0.25, -0.2) is 13.8 Å². The summed E-state index contributed by atoms with van der Waals surface area (Å²) in [5, 5.41) is 5.14. The number of aromatic nitrogens is 1. The molecule has 0 spiro atoms. The first-order chi connectivity index (χ1) is 11.5. The van der Waals surface area contributed by atoms with E-state index in [4.69, 9.17) is 0 Å². The van der Waals surface area contributed by atoms with E-state index in [0.717, 1.165) is 23.4 Å². The van der Waals surface area contributed by atoms with Crippen LogP contribution in [0.4, 0.5) is 14.5 Å². The Balaban J connectivity index is 1.68. The van der Waals surface area contributed by atoms with E-state index in [1.807, 2.05) is 31.2 Å². The molecule has 122 valence electrons. The van der Waals surface area contributed by atoms with Crippen LogP contribution in [0, 0.1) is 18.6 Å². The number of hydrogen-bond donors (Lipinski definition) is 1. The minimum Gasteiger partial charge on any atom is -0.326 e. The number of benzene rings is 2. The Morgan fingerprint density at radius 3 is 2.58 bits per heavy atom. The number of carbonyl (C=O) groups is 1. The van der Waals surface area contributed by atoms with Crippen molar-refractivity contribution in [3.63, 3.8) is 0 Å². The number of aryl methyl sites for hydroxylation is 1. The highest BCUT2D eigenvalue weighted by atomic mass is 32.1. The molecule has 2 aromatic carbocycles. The molecule has 0 fully saturated rings. The van der Waals surface area contributed by atoms with Gasteiger partial charge in [0.2, 0.25) is 5.91 Å². The summed E-state index contributed by atoms with van der Waals surface area (Å²) < 4.78 is 26.3. The molecule has 6 heteroatoms. The Labute approximate surface area is 142 Å². The second kappa shape index (κ2) is 6.88. The lowest BCUT2D eigenvalue weighted by molar-refractivity contribution is -0.115. The number of thiazole rings is 1. The molecular weight excluding hydrogens is 330 g/mol. The average Bonchev–Trinajstić information content (AvgIpc) is 3.00. The first kappa shape index (κ1) is 16.3. The monoisotopic (exact) mass is 344 g/mol. The molecule has 0 radical (unpaired) electrons. The highest BCUT2D eigenvalue weighted by Gasteiger charge is 2.11. The Morgan fingerprint density at radius 2 is 1.88 bits per heavy atom. The molecule has 0 bridgehead atoms. The summed E-state index contributed by atoms with van der Waals surface area (Å²) in [6.45, 7) is 1.97. The molecule has 0 aliphatic rings. The maximum atomic E-state index is 13.3. The standard InChI is InChI=1S/C18H14F2N2OS/c1-11-2-5-13(6-3-11)21-17(23)9-18-22-16(10-24-18)12-4-7-14(19)15(20)8-12/h2-8,10H,9H2,1H3,(H,21,23). The van der Waals surface area contributed by atoms with Crippen molar-refractivity contribution in [3.8, 4) is 11.3 Å². The number of amides is 1. The predicted molar refractivity (Wildman–Crippen MR) is 91.0 cm³/mol. The van der Waals surface area contributed by atoms with Gasteiger partial charge in [0.05, 0.1) is 12.1 Å². The average molecular weight is 344 g/mol. The first-order valence-corrected chi connectivity index (χ1v) is 8.15. The van der Waals surface area contributed by atoms with Crippen molar-refractivity contribution in [2.75, 3.05) is 5.32 Å². The van der Waals surface area contributed by atoms with Gasteiger partial charge in [-0.05, 0) is 37.3 Å². The summed E-state index contributed by atoms with van der Waals surface area (Å²) in [6, 6.07) is 11.1. The van der Waals surface area contributed by atoms with Crippen LogP contribution >= 0.6 is 11.3 Å². The van der Waals surface area contributed by atoms with Gasteiger partial charge in [0.25, 0.3) is 0 Å². The predicted octanol–water partition coefficient (Wildman–Crippen LogP) is 4.58. The molecule has 1 amide bonds. The topological polar surface area (TPSA) is 42.0 Å². The van der Waals surface area contributed by atoms with Crippen LogP contribution in [0.15, 0.2) is 47.8 Å². The third-order valence-electron chi connectivity index (χ3n) is 3.41. The van der Waals surface area contributed by atoms with Crippen molar-refractivity contribution < 1.29 is 13.6 Å². The normalized spacial score (nSPS) is 10.6. The lowest BCUT2D eigenvalue weighted by Crippen LogP contribution is -2.14. The van der Waals surface area contributed by atoms with Gasteiger partial charge in [0, 0.05) is 16.6 Å². The lowest BCUT2D eigenvalue weighted by Gasteiger charge is -2.04. The molecule has 3 nitrogen and oxygen atoms in total. The molecule has 1 aromatic heterocycles. The fourth-order valence-corrected chi connectivity index (χ4v) is 2.96. The number of rotatable bonds is 4. The van der Waals surface area contributed by atoms with Gasteiger partial charge in [-0.1, -0.05) is 17.7 Å². The summed E-state index contributed by atoms with van der Waals surface area (Å²) in [6.07, 6.45) is 0.127. The number of anilines is 1. The zero-order valence-corrected chi connectivity index (χ0v) is 13.7. The minimum absolute atomic E-state index is 0.127. The van der Waals surface area contributed by atoms with E-state index in [-0.39, 0.29) is 12.3 Å². The molecule has 3 rings (SSSR count). The van der Waals surface area contributed by atoms with Crippen LogP contribution in [0.25, 0.3) is 11.3 Å². The second-order valence-corrected chi connectivity index (χ2v) is 6.29. The molecule has 0 aliphatic carbocycles. The highest BCUT2D eigenvalue weighted by molar-refractivity contribution is 7.10. The summed E-state index contributed by atoms with van der Waals surface area (Å²) in [4.78, 5) is 16.4. The van der Waals surface area contributed by atoms with Crippen molar-refractivity contribution in [1.29, 1.82) is 0 Å². The smallest absolute Gasteiger partial charge is 0.231 e. The van der Waals surface area contributed by atoms with E-state index in [9.17, 15) is 13.6 Å². The third kappa shape index (κ3) is 3.83. The largest absolute Gasteiger partial charge is 0.326 e. The lowest BCUT2D eigenvalue weighted by atomic mass is 10.1. The van der Waals surface area contributed by atoms with Gasteiger partial charge >= 0.3 is 0 Å². The summed E-state index contributed by atoms with van der Waals surface area (Å²) in [5.74, 6) is -1.99. The van der Waals surface area contributed by atoms with Gasteiger partial charge in [0.1, 0.15) is 5.01 Å². The molecule has 0 saturated heterocycles. The van der Waals surface area contributed by atoms with Gasteiger partial charge < -0.3 is 5.32 Å². The van der Waals surface area contributed by atoms with Crippen LogP contribution in [-0.4, -0.2) is 10.9 Å². The SMILES string of the molecule is Cc1ccc(NC(=O)Cc2nc(-c3ccc(F)c(F)c3)cs2)cc1. The van der Waals surface area contributed by atoms with Crippen molar-refractivity contribution >= 4 is 22.9 Å². The number of carbonyl (C=O) groups excluding carboxylic acids is 1. The van der Waals surface area contributed by atoms with Gasteiger partial charge in [-0.2, -0.15) is 0 Å². The number of halogens is 2. The third-order valence-corrected chi connectivity index (χ3v) is 4.26. The molecule has 0 aliphatic heterocycles. The fraction of sp³-hybridized carbons (Fsp3) is 0.111. The Kier molecular flexibility index (Phi) is 4.66. The Morgan fingerprint density at radius 1 is 1.12 bits per heavy atom. The van der Waals surface area contributed by atoms with E-state index >= 15 is 0 Å². The van der Waals surface area contributed by atoms with E-state index in [1.54, 1.807) is 5.38 Å².